The van der Waals surface area contributed by atoms with Crippen molar-refractivity contribution in [3.63, 3.8) is 0 Å². The van der Waals surface area contributed by atoms with Gasteiger partial charge in [-0.3, -0.25) is 9.10 Å². The Morgan fingerprint density at radius 3 is 2.46 bits per heavy atom. The molecule has 4 rings (SSSR count). The summed E-state index contributed by atoms with van der Waals surface area (Å²) in [4.78, 5) is 13.2. The van der Waals surface area contributed by atoms with E-state index in [2.05, 4.69) is 33.4 Å². The third-order valence-electron chi connectivity index (χ3n) is 6.32. The van der Waals surface area contributed by atoms with Crippen molar-refractivity contribution in [2.24, 2.45) is 0 Å². The number of ether oxygens (including phenoxy) is 1. The Balaban J connectivity index is 1.60. The predicted molar refractivity (Wildman–Crippen MR) is 141 cm³/mol. The van der Waals surface area contributed by atoms with Gasteiger partial charge < -0.3 is 10.1 Å². The number of anilines is 1. The number of nitrogens with one attached hydrogen (secondary N) is 1. The van der Waals surface area contributed by atoms with Gasteiger partial charge in [0.2, 0.25) is 5.91 Å². The molecule has 1 atom stereocenters. The molecular weight excluding hydrogens is 528 g/mol. The van der Waals surface area contributed by atoms with E-state index in [0.717, 1.165) is 34.7 Å². The van der Waals surface area contributed by atoms with Crippen molar-refractivity contribution < 1.29 is 17.9 Å². The lowest BCUT2D eigenvalue weighted by molar-refractivity contribution is -0.120. The van der Waals surface area contributed by atoms with Crippen LogP contribution in [0.15, 0.2) is 70.0 Å². The maximum atomic E-state index is 13.7. The molecule has 6 nitrogen and oxygen atoms in total. The van der Waals surface area contributed by atoms with E-state index in [1.54, 1.807) is 18.2 Å². The molecule has 0 spiro atoms. The Hall–Kier alpha value is -2.84. The summed E-state index contributed by atoms with van der Waals surface area (Å²) in [6, 6.07) is 17.7. The van der Waals surface area contributed by atoms with Crippen LogP contribution in [0.1, 0.15) is 41.6 Å². The molecule has 1 aliphatic rings. The first kappa shape index (κ1) is 25.3. The summed E-state index contributed by atoms with van der Waals surface area (Å²) in [5, 5.41) is 2.98. The molecule has 1 N–H and O–H groups in total. The number of rotatable bonds is 8. The average molecular weight is 558 g/mol. The lowest BCUT2D eigenvalue weighted by atomic mass is 10.0. The summed E-state index contributed by atoms with van der Waals surface area (Å²) >= 11 is 3.36. The zero-order chi connectivity index (χ0) is 25.2. The quantitative estimate of drug-likeness (QED) is 0.407. The Labute approximate surface area is 215 Å². The molecular formula is C27H29BrN2O4S. The van der Waals surface area contributed by atoms with Crippen molar-refractivity contribution >= 4 is 37.5 Å². The van der Waals surface area contributed by atoms with Gasteiger partial charge in [-0.05, 0) is 96.1 Å². The molecule has 1 unspecified atom stereocenters. The van der Waals surface area contributed by atoms with Crippen molar-refractivity contribution in [2.45, 2.75) is 44.0 Å². The van der Waals surface area contributed by atoms with Crippen LogP contribution in [0.5, 0.6) is 5.75 Å². The van der Waals surface area contributed by atoms with Gasteiger partial charge in [-0.2, -0.15) is 0 Å². The number of methoxy groups -OCH3 is 1. The van der Waals surface area contributed by atoms with Gasteiger partial charge in [-0.25, -0.2) is 8.42 Å². The van der Waals surface area contributed by atoms with Crippen molar-refractivity contribution in [3.8, 4) is 5.75 Å². The van der Waals surface area contributed by atoms with Gasteiger partial charge in [0.25, 0.3) is 10.0 Å². The number of carbonyl (C=O) groups is 1. The van der Waals surface area contributed by atoms with E-state index in [4.69, 9.17) is 4.74 Å². The van der Waals surface area contributed by atoms with Crippen molar-refractivity contribution in [3.05, 3.63) is 87.4 Å². The molecule has 184 valence electrons. The standard InChI is InChI=1S/C27H29BrN2O4S/c1-18-7-11-23(12-8-18)30(35(32,33)24-13-14-26(34-3)25(28)16-24)17-27(31)29-19(2)21-10-9-20-5-4-6-22(20)15-21/h7-16,19H,4-6,17H2,1-3H3,(H,29,31). The highest BCUT2D eigenvalue weighted by molar-refractivity contribution is 9.10. The van der Waals surface area contributed by atoms with E-state index in [9.17, 15) is 13.2 Å². The van der Waals surface area contributed by atoms with Gasteiger partial charge in [-0.15, -0.1) is 0 Å². The number of fused-ring (bicyclic) bond motifs is 1. The molecule has 0 bridgehead atoms. The summed E-state index contributed by atoms with van der Waals surface area (Å²) < 4.78 is 34.2. The summed E-state index contributed by atoms with van der Waals surface area (Å²) in [7, 11) is -2.52. The highest BCUT2D eigenvalue weighted by Gasteiger charge is 2.28. The van der Waals surface area contributed by atoms with Crippen LogP contribution in [0.4, 0.5) is 5.69 Å². The normalized spacial score (nSPS) is 13.7. The fourth-order valence-corrected chi connectivity index (χ4v) is 6.46. The van der Waals surface area contributed by atoms with Crippen molar-refractivity contribution in [2.75, 3.05) is 18.0 Å². The zero-order valence-electron chi connectivity index (χ0n) is 20.0. The number of amides is 1. The van der Waals surface area contributed by atoms with E-state index >= 15 is 0 Å². The minimum absolute atomic E-state index is 0.0604. The maximum absolute atomic E-state index is 13.7. The Morgan fingerprint density at radius 2 is 1.77 bits per heavy atom. The van der Waals surface area contributed by atoms with Crippen LogP contribution in [0.3, 0.4) is 0 Å². The fraction of sp³-hybridized carbons (Fsp3) is 0.296. The minimum Gasteiger partial charge on any atom is -0.496 e. The molecule has 8 heteroatoms. The first-order valence-corrected chi connectivity index (χ1v) is 13.8. The van der Waals surface area contributed by atoms with E-state index < -0.39 is 10.0 Å². The monoisotopic (exact) mass is 556 g/mol. The molecule has 1 amide bonds. The Morgan fingerprint density at radius 1 is 1.06 bits per heavy atom. The van der Waals surface area contributed by atoms with Crippen molar-refractivity contribution in [1.29, 1.82) is 0 Å². The number of hydrogen-bond donors (Lipinski definition) is 1. The van der Waals surface area contributed by atoms with Crippen LogP contribution < -0.4 is 14.4 Å². The molecule has 3 aromatic carbocycles. The van der Waals surface area contributed by atoms with E-state index in [1.807, 2.05) is 32.0 Å². The van der Waals surface area contributed by atoms with E-state index in [-0.39, 0.29) is 23.4 Å². The summed E-state index contributed by atoms with van der Waals surface area (Å²) in [6.45, 7) is 3.50. The molecule has 0 saturated carbocycles. The van der Waals surface area contributed by atoms with Gasteiger partial charge in [0.15, 0.2) is 0 Å². The van der Waals surface area contributed by atoms with Gasteiger partial charge in [0.1, 0.15) is 12.3 Å². The van der Waals surface area contributed by atoms with Crippen LogP contribution in [-0.4, -0.2) is 28.0 Å². The van der Waals surface area contributed by atoms with Crippen LogP contribution in [0.2, 0.25) is 0 Å². The number of halogens is 1. The number of aryl methyl sites for hydroxylation is 3. The maximum Gasteiger partial charge on any atom is 0.264 e. The number of nitrogens with zero attached hydrogens (tertiary/aromatic N) is 1. The summed E-state index contributed by atoms with van der Waals surface area (Å²) in [6.07, 6.45) is 3.31. The second kappa shape index (κ2) is 10.4. The number of hydrogen-bond acceptors (Lipinski definition) is 4. The van der Waals surface area contributed by atoms with Crippen LogP contribution in [0, 0.1) is 6.92 Å². The van der Waals surface area contributed by atoms with E-state index in [0.29, 0.717) is 15.9 Å². The lowest BCUT2D eigenvalue weighted by Gasteiger charge is -2.25. The molecule has 35 heavy (non-hydrogen) atoms. The molecule has 0 radical (unpaired) electrons. The second-order valence-corrected chi connectivity index (χ2v) is 11.5. The molecule has 1 aliphatic carbocycles. The smallest absolute Gasteiger partial charge is 0.264 e. The highest BCUT2D eigenvalue weighted by Crippen LogP contribution is 2.31. The molecule has 0 aliphatic heterocycles. The molecule has 0 saturated heterocycles. The summed E-state index contributed by atoms with van der Waals surface area (Å²) in [5.41, 5.74) is 5.13. The third-order valence-corrected chi connectivity index (χ3v) is 8.71. The van der Waals surface area contributed by atoms with Gasteiger partial charge in [0.05, 0.1) is 28.2 Å². The predicted octanol–water partition coefficient (Wildman–Crippen LogP) is 5.33. The van der Waals surface area contributed by atoms with Gasteiger partial charge >= 0.3 is 0 Å². The second-order valence-electron chi connectivity index (χ2n) is 8.81. The zero-order valence-corrected chi connectivity index (χ0v) is 22.4. The molecule has 0 fully saturated rings. The largest absolute Gasteiger partial charge is 0.496 e. The molecule has 0 heterocycles. The van der Waals surface area contributed by atoms with Crippen LogP contribution in [-0.2, 0) is 27.7 Å². The third kappa shape index (κ3) is 5.54. The van der Waals surface area contributed by atoms with E-state index in [1.165, 1.54) is 30.4 Å². The topological polar surface area (TPSA) is 75.7 Å². The Bertz CT molecular complexity index is 1340. The average Bonchev–Trinajstić information content (AvgIpc) is 3.31. The van der Waals surface area contributed by atoms with Crippen LogP contribution in [0.25, 0.3) is 0 Å². The van der Waals surface area contributed by atoms with Crippen LogP contribution >= 0.6 is 15.9 Å². The Kier molecular flexibility index (Phi) is 7.52. The first-order chi connectivity index (χ1) is 16.7. The lowest BCUT2D eigenvalue weighted by Crippen LogP contribution is -2.41. The van der Waals surface area contributed by atoms with Crippen molar-refractivity contribution in [1.82, 2.24) is 5.32 Å². The number of benzene rings is 3. The number of carbonyl (C=O) groups excluding carboxylic acids is 1. The minimum atomic E-state index is -4.03. The highest BCUT2D eigenvalue weighted by atomic mass is 79.9. The number of sulfonamides is 1. The first-order valence-electron chi connectivity index (χ1n) is 11.5. The summed E-state index contributed by atoms with van der Waals surface area (Å²) in [5.74, 6) is 0.140. The molecule has 3 aromatic rings. The van der Waals surface area contributed by atoms with Gasteiger partial charge in [0, 0.05) is 0 Å². The SMILES string of the molecule is COc1ccc(S(=O)(=O)N(CC(=O)NC(C)c2ccc3c(c2)CCC3)c2ccc(C)cc2)cc1Br. The molecule has 0 aromatic heterocycles. The van der Waals surface area contributed by atoms with Gasteiger partial charge in [-0.1, -0.05) is 35.9 Å². The fourth-order valence-electron chi connectivity index (χ4n) is 4.32.